The average Bonchev–Trinajstić information content (AvgIpc) is 2.80. The first-order chi connectivity index (χ1) is 8.28. The van der Waals surface area contributed by atoms with Gasteiger partial charge in [-0.3, -0.25) is 0 Å². The topological polar surface area (TPSA) is 74.2 Å². The van der Waals surface area contributed by atoms with Crippen LogP contribution in [0.2, 0.25) is 0 Å². The standard InChI is InChI=1S/C12H15N3O2/c1-9-2-4-10(5-3-9)16-7-6-11-14-15-12(8-13)17-11/h2-5H,6-8,13H2,1H3. The zero-order valence-electron chi connectivity index (χ0n) is 9.72. The van der Waals surface area contributed by atoms with Gasteiger partial charge in [0.2, 0.25) is 11.8 Å². The highest BCUT2D eigenvalue weighted by Gasteiger charge is 2.04. The summed E-state index contributed by atoms with van der Waals surface area (Å²) in [4.78, 5) is 0. The molecule has 0 saturated heterocycles. The molecule has 5 heteroatoms. The zero-order valence-corrected chi connectivity index (χ0v) is 9.72. The van der Waals surface area contributed by atoms with Crippen LogP contribution in [-0.2, 0) is 13.0 Å². The van der Waals surface area contributed by atoms with Gasteiger partial charge < -0.3 is 14.9 Å². The Morgan fingerprint density at radius 3 is 2.53 bits per heavy atom. The summed E-state index contributed by atoms with van der Waals surface area (Å²) in [7, 11) is 0. The van der Waals surface area contributed by atoms with E-state index >= 15 is 0 Å². The summed E-state index contributed by atoms with van der Waals surface area (Å²) in [5.41, 5.74) is 6.58. The Hall–Kier alpha value is -1.88. The highest BCUT2D eigenvalue weighted by molar-refractivity contribution is 5.26. The van der Waals surface area contributed by atoms with Crippen LogP contribution in [0.1, 0.15) is 17.3 Å². The van der Waals surface area contributed by atoms with Crippen molar-refractivity contribution in [2.45, 2.75) is 19.9 Å². The van der Waals surface area contributed by atoms with E-state index < -0.39 is 0 Å². The number of ether oxygens (including phenoxy) is 1. The molecule has 0 aliphatic rings. The van der Waals surface area contributed by atoms with Gasteiger partial charge in [0.05, 0.1) is 19.6 Å². The van der Waals surface area contributed by atoms with Crippen molar-refractivity contribution in [2.24, 2.45) is 5.73 Å². The first-order valence-electron chi connectivity index (χ1n) is 5.48. The maximum absolute atomic E-state index is 5.55. The normalized spacial score (nSPS) is 10.5. The second-order valence-electron chi connectivity index (χ2n) is 3.71. The van der Waals surface area contributed by atoms with Gasteiger partial charge in [-0.15, -0.1) is 10.2 Å². The summed E-state index contributed by atoms with van der Waals surface area (Å²) in [6, 6.07) is 7.89. The highest BCUT2D eigenvalue weighted by atomic mass is 16.5. The molecule has 0 unspecified atom stereocenters. The largest absolute Gasteiger partial charge is 0.493 e. The highest BCUT2D eigenvalue weighted by Crippen LogP contribution is 2.11. The molecule has 0 aliphatic carbocycles. The lowest BCUT2D eigenvalue weighted by atomic mass is 10.2. The minimum Gasteiger partial charge on any atom is -0.493 e. The van der Waals surface area contributed by atoms with Crippen LogP contribution in [0.4, 0.5) is 0 Å². The molecule has 1 aromatic carbocycles. The summed E-state index contributed by atoms with van der Waals surface area (Å²) >= 11 is 0. The Labute approximate surface area is 99.6 Å². The number of nitrogens with zero attached hydrogens (tertiary/aromatic N) is 2. The van der Waals surface area contributed by atoms with Gasteiger partial charge in [-0.05, 0) is 19.1 Å². The van der Waals surface area contributed by atoms with E-state index in [4.69, 9.17) is 14.9 Å². The lowest BCUT2D eigenvalue weighted by molar-refractivity contribution is 0.304. The number of aryl methyl sites for hydroxylation is 1. The summed E-state index contributed by atoms with van der Waals surface area (Å²) < 4.78 is 10.8. The second-order valence-corrected chi connectivity index (χ2v) is 3.71. The molecule has 1 aromatic heterocycles. The van der Waals surface area contributed by atoms with Crippen LogP contribution in [-0.4, -0.2) is 16.8 Å². The van der Waals surface area contributed by atoms with Gasteiger partial charge in [0.1, 0.15) is 5.75 Å². The van der Waals surface area contributed by atoms with Crippen LogP contribution < -0.4 is 10.5 Å². The van der Waals surface area contributed by atoms with E-state index in [0.29, 0.717) is 24.8 Å². The molecular formula is C12H15N3O2. The first kappa shape index (κ1) is 11.6. The zero-order chi connectivity index (χ0) is 12.1. The van der Waals surface area contributed by atoms with E-state index in [2.05, 4.69) is 10.2 Å². The van der Waals surface area contributed by atoms with Gasteiger partial charge in [0.25, 0.3) is 0 Å². The van der Waals surface area contributed by atoms with Gasteiger partial charge in [0, 0.05) is 0 Å². The SMILES string of the molecule is Cc1ccc(OCCc2nnc(CN)o2)cc1. The number of hydrogen-bond donors (Lipinski definition) is 1. The Balaban J connectivity index is 1.81. The van der Waals surface area contributed by atoms with E-state index in [1.807, 2.05) is 31.2 Å². The van der Waals surface area contributed by atoms with E-state index in [9.17, 15) is 0 Å². The molecule has 1 heterocycles. The summed E-state index contributed by atoms with van der Waals surface area (Å²) in [6.07, 6.45) is 0.584. The van der Waals surface area contributed by atoms with E-state index in [1.165, 1.54) is 5.56 Å². The minimum absolute atomic E-state index is 0.270. The van der Waals surface area contributed by atoms with Crippen LogP contribution in [0.15, 0.2) is 28.7 Å². The Bertz CT molecular complexity index is 465. The Kier molecular flexibility index (Phi) is 3.72. The molecule has 2 aromatic rings. The minimum atomic E-state index is 0.270. The third kappa shape index (κ3) is 3.29. The molecule has 0 aliphatic heterocycles. The van der Waals surface area contributed by atoms with Gasteiger partial charge in [-0.25, -0.2) is 0 Å². The quantitative estimate of drug-likeness (QED) is 0.846. The predicted molar refractivity (Wildman–Crippen MR) is 62.6 cm³/mol. The van der Waals surface area contributed by atoms with Crippen molar-refractivity contribution < 1.29 is 9.15 Å². The first-order valence-corrected chi connectivity index (χ1v) is 5.48. The van der Waals surface area contributed by atoms with Gasteiger partial charge in [-0.1, -0.05) is 17.7 Å². The molecule has 0 atom stereocenters. The van der Waals surface area contributed by atoms with Crippen molar-refractivity contribution in [3.63, 3.8) is 0 Å². The Morgan fingerprint density at radius 1 is 1.18 bits per heavy atom. The smallest absolute Gasteiger partial charge is 0.230 e. The van der Waals surface area contributed by atoms with Gasteiger partial charge in [0.15, 0.2) is 0 Å². The molecule has 90 valence electrons. The fraction of sp³-hybridized carbons (Fsp3) is 0.333. The molecule has 0 amide bonds. The summed E-state index contributed by atoms with van der Waals surface area (Å²) in [6.45, 7) is 2.82. The summed E-state index contributed by atoms with van der Waals surface area (Å²) in [5, 5.41) is 7.63. The van der Waals surface area contributed by atoms with E-state index in [0.717, 1.165) is 5.75 Å². The van der Waals surface area contributed by atoms with Crippen LogP contribution in [0, 0.1) is 6.92 Å². The van der Waals surface area contributed by atoms with Crippen LogP contribution in [0.3, 0.4) is 0 Å². The second kappa shape index (κ2) is 5.45. The van der Waals surface area contributed by atoms with Crippen molar-refractivity contribution in [1.29, 1.82) is 0 Å². The molecule has 0 saturated carbocycles. The maximum atomic E-state index is 5.55. The summed E-state index contributed by atoms with van der Waals surface area (Å²) in [5.74, 6) is 1.85. The van der Waals surface area contributed by atoms with Crippen LogP contribution in [0.5, 0.6) is 5.75 Å². The molecular weight excluding hydrogens is 218 g/mol. The fourth-order valence-electron chi connectivity index (χ4n) is 1.36. The Morgan fingerprint density at radius 2 is 1.88 bits per heavy atom. The monoisotopic (exact) mass is 233 g/mol. The van der Waals surface area contributed by atoms with Crippen molar-refractivity contribution in [1.82, 2.24) is 10.2 Å². The number of nitrogens with two attached hydrogens (primary N) is 1. The van der Waals surface area contributed by atoms with Crippen molar-refractivity contribution in [3.8, 4) is 5.75 Å². The molecule has 2 N–H and O–H groups in total. The third-order valence-corrected chi connectivity index (χ3v) is 2.29. The number of benzene rings is 1. The lowest BCUT2D eigenvalue weighted by Crippen LogP contribution is -2.01. The van der Waals surface area contributed by atoms with E-state index in [1.54, 1.807) is 0 Å². The van der Waals surface area contributed by atoms with Crippen LogP contribution >= 0.6 is 0 Å². The predicted octanol–water partition coefficient (Wildman–Crippen LogP) is 1.46. The molecule has 5 nitrogen and oxygen atoms in total. The fourth-order valence-corrected chi connectivity index (χ4v) is 1.36. The van der Waals surface area contributed by atoms with Crippen molar-refractivity contribution >= 4 is 0 Å². The molecule has 2 rings (SSSR count). The molecule has 0 bridgehead atoms. The van der Waals surface area contributed by atoms with E-state index in [-0.39, 0.29) is 6.54 Å². The van der Waals surface area contributed by atoms with Crippen LogP contribution in [0.25, 0.3) is 0 Å². The number of hydrogen-bond acceptors (Lipinski definition) is 5. The number of rotatable bonds is 5. The molecule has 17 heavy (non-hydrogen) atoms. The maximum Gasteiger partial charge on any atom is 0.230 e. The molecule has 0 fully saturated rings. The van der Waals surface area contributed by atoms with Crippen molar-refractivity contribution in [3.05, 3.63) is 41.6 Å². The van der Waals surface area contributed by atoms with Crippen molar-refractivity contribution in [2.75, 3.05) is 6.61 Å². The lowest BCUT2D eigenvalue weighted by Gasteiger charge is -2.04. The van der Waals surface area contributed by atoms with Gasteiger partial charge in [-0.2, -0.15) is 0 Å². The number of aromatic nitrogens is 2. The van der Waals surface area contributed by atoms with Gasteiger partial charge >= 0.3 is 0 Å². The molecule has 0 spiro atoms. The molecule has 0 radical (unpaired) electrons. The average molecular weight is 233 g/mol. The third-order valence-electron chi connectivity index (χ3n) is 2.29.